The molecule has 2 rings (SSSR count). The van der Waals surface area contributed by atoms with Crippen LogP contribution in [-0.4, -0.2) is 27.5 Å². The smallest absolute Gasteiger partial charge is 0.203 e. The summed E-state index contributed by atoms with van der Waals surface area (Å²) >= 11 is 18.1. The van der Waals surface area contributed by atoms with Gasteiger partial charge in [0.2, 0.25) is 5.75 Å². The van der Waals surface area contributed by atoms with Crippen LogP contribution in [0.5, 0.6) is 17.2 Å². The maximum absolute atomic E-state index is 6.09. The van der Waals surface area contributed by atoms with Crippen LogP contribution >= 0.6 is 34.8 Å². The quantitative estimate of drug-likeness (QED) is 0.550. The Morgan fingerprint density at radius 1 is 0.875 bits per heavy atom. The number of rotatable bonds is 6. The number of hydrogen-bond acceptors (Lipinski definition) is 5. The molecule has 0 bridgehead atoms. The Morgan fingerprint density at radius 2 is 1.42 bits per heavy atom. The Hall–Kier alpha value is -1.82. The van der Waals surface area contributed by atoms with Crippen molar-refractivity contribution in [3.8, 4) is 17.2 Å². The van der Waals surface area contributed by atoms with Gasteiger partial charge in [-0.15, -0.1) is 0 Å². The number of anilines is 1. The molecule has 0 radical (unpaired) electrons. The van der Waals surface area contributed by atoms with Crippen molar-refractivity contribution in [2.24, 2.45) is 5.10 Å². The van der Waals surface area contributed by atoms with Gasteiger partial charge in [-0.05, 0) is 24.3 Å². The summed E-state index contributed by atoms with van der Waals surface area (Å²) in [5.41, 5.74) is 3.99. The highest BCUT2D eigenvalue weighted by atomic mass is 35.5. The average Bonchev–Trinajstić information content (AvgIpc) is 2.56. The van der Waals surface area contributed by atoms with Crippen molar-refractivity contribution in [1.29, 1.82) is 0 Å². The summed E-state index contributed by atoms with van der Waals surface area (Å²) < 4.78 is 15.9. The zero-order valence-corrected chi connectivity index (χ0v) is 15.5. The van der Waals surface area contributed by atoms with Crippen LogP contribution in [0.1, 0.15) is 5.56 Å². The maximum atomic E-state index is 6.09. The van der Waals surface area contributed by atoms with Gasteiger partial charge < -0.3 is 14.2 Å². The van der Waals surface area contributed by atoms with Crippen molar-refractivity contribution in [1.82, 2.24) is 0 Å². The molecule has 5 nitrogen and oxygen atoms in total. The predicted molar refractivity (Wildman–Crippen MR) is 98.8 cm³/mol. The van der Waals surface area contributed by atoms with E-state index in [1.54, 1.807) is 51.8 Å². The number of ether oxygens (including phenoxy) is 3. The molecule has 0 atom stereocenters. The Kier molecular flexibility index (Phi) is 6.43. The molecule has 0 saturated heterocycles. The zero-order valence-electron chi connectivity index (χ0n) is 13.2. The predicted octanol–water partition coefficient (Wildman–Crippen LogP) is 5.12. The highest BCUT2D eigenvalue weighted by Crippen LogP contribution is 2.38. The minimum Gasteiger partial charge on any atom is -0.493 e. The van der Waals surface area contributed by atoms with Gasteiger partial charge in [-0.25, -0.2) is 0 Å². The van der Waals surface area contributed by atoms with E-state index in [4.69, 9.17) is 49.0 Å². The first-order valence-corrected chi connectivity index (χ1v) is 7.87. The van der Waals surface area contributed by atoms with Crippen LogP contribution in [0.3, 0.4) is 0 Å². The molecular weight excluding hydrogens is 375 g/mol. The van der Waals surface area contributed by atoms with E-state index in [0.29, 0.717) is 38.0 Å². The molecule has 24 heavy (non-hydrogen) atoms. The van der Waals surface area contributed by atoms with E-state index in [9.17, 15) is 0 Å². The normalized spacial score (nSPS) is 10.8. The van der Waals surface area contributed by atoms with Crippen molar-refractivity contribution in [2.45, 2.75) is 0 Å². The van der Waals surface area contributed by atoms with Crippen LogP contribution < -0.4 is 19.6 Å². The molecule has 0 saturated carbocycles. The van der Waals surface area contributed by atoms with Crippen LogP contribution in [0.25, 0.3) is 0 Å². The molecule has 2 aromatic rings. The van der Waals surface area contributed by atoms with E-state index in [-0.39, 0.29) is 0 Å². The monoisotopic (exact) mass is 388 g/mol. The number of halogens is 3. The van der Waals surface area contributed by atoms with Gasteiger partial charge in [-0.1, -0.05) is 34.8 Å². The van der Waals surface area contributed by atoms with Gasteiger partial charge in [0.25, 0.3) is 0 Å². The van der Waals surface area contributed by atoms with Crippen LogP contribution in [0.2, 0.25) is 15.1 Å². The third-order valence-corrected chi connectivity index (χ3v) is 3.90. The molecular formula is C16H15Cl3N2O3. The molecule has 0 unspecified atom stereocenters. The van der Waals surface area contributed by atoms with Crippen molar-refractivity contribution in [3.05, 3.63) is 44.9 Å². The number of benzene rings is 2. The van der Waals surface area contributed by atoms with E-state index >= 15 is 0 Å². The van der Waals surface area contributed by atoms with Crippen LogP contribution in [0.15, 0.2) is 29.4 Å². The van der Waals surface area contributed by atoms with E-state index in [1.807, 2.05) is 0 Å². The van der Waals surface area contributed by atoms with Crippen LogP contribution in [-0.2, 0) is 0 Å². The van der Waals surface area contributed by atoms with Crippen molar-refractivity contribution < 1.29 is 14.2 Å². The SMILES string of the molecule is COc1cc(/C=N/Nc2c(Cl)cc(Cl)cc2Cl)cc(OC)c1OC. The zero-order chi connectivity index (χ0) is 17.7. The molecule has 0 spiro atoms. The van der Waals surface area contributed by atoms with Gasteiger partial charge in [0.15, 0.2) is 11.5 Å². The van der Waals surface area contributed by atoms with Gasteiger partial charge in [0.05, 0.1) is 43.3 Å². The molecule has 0 aromatic heterocycles. The summed E-state index contributed by atoms with van der Waals surface area (Å²) in [5, 5.41) is 5.32. The second-order valence-corrected chi connectivity index (χ2v) is 5.82. The standard InChI is InChI=1S/C16H15Cl3N2O3/c1-22-13-4-9(5-14(23-2)16(13)24-3)8-20-21-15-11(18)6-10(17)7-12(15)19/h4-8,21H,1-3H3/b20-8+. The third kappa shape index (κ3) is 4.17. The Morgan fingerprint density at radius 3 is 1.88 bits per heavy atom. The molecule has 0 aliphatic carbocycles. The molecule has 0 aliphatic heterocycles. The Labute approximate surface area is 155 Å². The Bertz CT molecular complexity index is 718. The second kappa shape index (κ2) is 8.33. The van der Waals surface area contributed by atoms with Crippen molar-refractivity contribution >= 4 is 46.7 Å². The van der Waals surface area contributed by atoms with Crippen molar-refractivity contribution in [3.63, 3.8) is 0 Å². The number of nitrogens with zero attached hydrogens (tertiary/aromatic N) is 1. The summed E-state index contributed by atoms with van der Waals surface area (Å²) in [6.07, 6.45) is 1.58. The maximum Gasteiger partial charge on any atom is 0.203 e. The summed E-state index contributed by atoms with van der Waals surface area (Å²) in [4.78, 5) is 0. The minimum absolute atomic E-state index is 0.370. The lowest BCUT2D eigenvalue weighted by molar-refractivity contribution is 0.324. The molecule has 1 N–H and O–H groups in total. The Balaban J connectivity index is 2.27. The number of nitrogens with one attached hydrogen (secondary N) is 1. The van der Waals surface area contributed by atoms with E-state index in [0.717, 1.165) is 5.56 Å². The fourth-order valence-electron chi connectivity index (χ4n) is 2.00. The first-order chi connectivity index (χ1) is 11.5. The van der Waals surface area contributed by atoms with Crippen LogP contribution in [0, 0.1) is 0 Å². The largest absolute Gasteiger partial charge is 0.493 e. The molecule has 128 valence electrons. The van der Waals surface area contributed by atoms with Crippen molar-refractivity contribution in [2.75, 3.05) is 26.8 Å². The minimum atomic E-state index is 0.370. The van der Waals surface area contributed by atoms with Gasteiger partial charge in [0.1, 0.15) is 0 Å². The third-order valence-electron chi connectivity index (χ3n) is 3.08. The highest BCUT2D eigenvalue weighted by molar-refractivity contribution is 6.41. The lowest BCUT2D eigenvalue weighted by atomic mass is 10.2. The van der Waals surface area contributed by atoms with E-state index < -0.39 is 0 Å². The number of methoxy groups -OCH3 is 3. The highest BCUT2D eigenvalue weighted by Gasteiger charge is 2.12. The fraction of sp³-hybridized carbons (Fsp3) is 0.188. The summed E-state index contributed by atoms with van der Waals surface area (Å²) in [7, 11) is 4.63. The number of hydrogen-bond donors (Lipinski definition) is 1. The molecule has 8 heteroatoms. The molecule has 0 heterocycles. The second-order valence-electron chi connectivity index (χ2n) is 4.57. The molecule has 2 aromatic carbocycles. The van der Waals surface area contributed by atoms with Gasteiger partial charge in [-0.3, -0.25) is 5.43 Å². The topological polar surface area (TPSA) is 52.1 Å². The first-order valence-electron chi connectivity index (χ1n) is 6.73. The van der Waals surface area contributed by atoms with E-state index in [2.05, 4.69) is 10.5 Å². The average molecular weight is 390 g/mol. The molecule has 0 aliphatic rings. The lowest BCUT2D eigenvalue weighted by Gasteiger charge is -2.12. The molecule has 0 amide bonds. The lowest BCUT2D eigenvalue weighted by Crippen LogP contribution is -1.98. The van der Waals surface area contributed by atoms with Gasteiger partial charge in [0, 0.05) is 10.6 Å². The summed E-state index contributed by atoms with van der Waals surface area (Å²) in [6.45, 7) is 0. The summed E-state index contributed by atoms with van der Waals surface area (Å²) in [5.74, 6) is 1.57. The molecule has 0 fully saturated rings. The summed E-state index contributed by atoms with van der Waals surface area (Å²) in [6, 6.07) is 6.67. The fourth-order valence-corrected chi connectivity index (χ4v) is 2.90. The first kappa shape index (κ1) is 18.5. The number of hydrazone groups is 1. The van der Waals surface area contributed by atoms with Crippen LogP contribution in [0.4, 0.5) is 5.69 Å². The van der Waals surface area contributed by atoms with Gasteiger partial charge >= 0.3 is 0 Å². The van der Waals surface area contributed by atoms with E-state index in [1.165, 1.54) is 0 Å². The van der Waals surface area contributed by atoms with Gasteiger partial charge in [-0.2, -0.15) is 5.10 Å².